The largest absolute Gasteiger partial charge is 0.322 e. The Morgan fingerprint density at radius 1 is 0.966 bits per heavy atom. The number of carbonyl (C=O) groups is 1. The summed E-state index contributed by atoms with van der Waals surface area (Å²) in [5.41, 5.74) is 3.19. The number of nitrogens with one attached hydrogen (secondary N) is 1. The molecular formula is C22H21IN2O3S. The number of carbonyl (C=O) groups excluding carboxylic acids is 1. The molecule has 3 rings (SSSR count). The molecule has 0 fully saturated rings. The highest BCUT2D eigenvalue weighted by atomic mass is 127. The summed E-state index contributed by atoms with van der Waals surface area (Å²) in [6, 6.07) is 19.0. The van der Waals surface area contributed by atoms with Crippen LogP contribution in [0.5, 0.6) is 0 Å². The van der Waals surface area contributed by atoms with E-state index in [-0.39, 0.29) is 16.4 Å². The lowest BCUT2D eigenvalue weighted by Crippen LogP contribution is -2.29. The summed E-state index contributed by atoms with van der Waals surface area (Å²) in [5, 5.41) is 2.88. The average molecular weight is 520 g/mol. The van der Waals surface area contributed by atoms with E-state index in [4.69, 9.17) is 0 Å². The standard InChI is InChI=1S/C22H21IN2O3S/c1-15-8-11-18(12-9-15)29(27,28)25(3)21-7-5-4-6-19(21)22(26)24-20-13-10-17(23)14-16(20)2/h4-14H,1-3H3,(H,24,26). The Kier molecular flexibility index (Phi) is 6.28. The third-order valence-corrected chi connectivity index (χ3v) is 7.06. The molecule has 0 aromatic heterocycles. The SMILES string of the molecule is Cc1ccc(S(=O)(=O)N(C)c2ccccc2C(=O)Nc2ccc(I)cc2C)cc1. The average Bonchev–Trinajstić information content (AvgIpc) is 2.69. The lowest BCUT2D eigenvalue weighted by Gasteiger charge is -2.22. The van der Waals surface area contributed by atoms with Crippen LogP contribution in [0.3, 0.4) is 0 Å². The summed E-state index contributed by atoms with van der Waals surface area (Å²) in [4.78, 5) is 13.1. The predicted octanol–water partition coefficient (Wildman–Crippen LogP) is 4.99. The van der Waals surface area contributed by atoms with Gasteiger partial charge < -0.3 is 5.32 Å². The maximum atomic E-state index is 13.1. The van der Waals surface area contributed by atoms with E-state index in [1.165, 1.54) is 7.05 Å². The van der Waals surface area contributed by atoms with E-state index in [1.807, 2.05) is 32.0 Å². The van der Waals surface area contributed by atoms with Crippen molar-refractivity contribution in [2.75, 3.05) is 16.7 Å². The van der Waals surface area contributed by atoms with Crippen molar-refractivity contribution < 1.29 is 13.2 Å². The zero-order chi connectivity index (χ0) is 21.2. The summed E-state index contributed by atoms with van der Waals surface area (Å²) >= 11 is 2.21. The minimum absolute atomic E-state index is 0.175. The van der Waals surface area contributed by atoms with Gasteiger partial charge in [0.2, 0.25) is 0 Å². The fourth-order valence-corrected chi connectivity index (χ4v) is 4.76. The van der Waals surface area contributed by atoms with Crippen LogP contribution in [0.15, 0.2) is 71.6 Å². The number of aryl methyl sites for hydroxylation is 2. The normalized spacial score (nSPS) is 11.2. The monoisotopic (exact) mass is 520 g/mol. The van der Waals surface area contributed by atoms with Crippen LogP contribution in [0, 0.1) is 17.4 Å². The van der Waals surface area contributed by atoms with Crippen molar-refractivity contribution in [2.45, 2.75) is 18.7 Å². The first kappa shape index (κ1) is 21.3. The van der Waals surface area contributed by atoms with Gasteiger partial charge in [-0.3, -0.25) is 9.10 Å². The minimum atomic E-state index is -3.80. The molecule has 0 aliphatic carbocycles. The Labute approximate surface area is 184 Å². The summed E-state index contributed by atoms with van der Waals surface area (Å²) in [6.45, 7) is 3.81. The van der Waals surface area contributed by atoms with E-state index >= 15 is 0 Å². The molecular weight excluding hydrogens is 499 g/mol. The van der Waals surface area contributed by atoms with Crippen LogP contribution < -0.4 is 9.62 Å². The van der Waals surface area contributed by atoms with Gasteiger partial charge in [-0.1, -0.05) is 29.8 Å². The van der Waals surface area contributed by atoms with E-state index in [2.05, 4.69) is 27.9 Å². The molecule has 7 heteroatoms. The van der Waals surface area contributed by atoms with E-state index in [9.17, 15) is 13.2 Å². The third-order valence-electron chi connectivity index (χ3n) is 4.60. The van der Waals surface area contributed by atoms with Crippen LogP contribution in [0.4, 0.5) is 11.4 Å². The highest BCUT2D eigenvalue weighted by Gasteiger charge is 2.25. The molecule has 0 aliphatic heterocycles. The molecule has 1 N–H and O–H groups in total. The number of halogens is 1. The first-order valence-electron chi connectivity index (χ1n) is 8.92. The van der Waals surface area contributed by atoms with Crippen molar-refractivity contribution in [3.05, 3.63) is 87.0 Å². The molecule has 0 atom stereocenters. The summed E-state index contributed by atoms with van der Waals surface area (Å²) in [6.07, 6.45) is 0. The van der Waals surface area contributed by atoms with Crippen molar-refractivity contribution in [3.8, 4) is 0 Å². The maximum Gasteiger partial charge on any atom is 0.264 e. The number of hydrogen-bond donors (Lipinski definition) is 1. The Balaban J connectivity index is 1.95. The van der Waals surface area contributed by atoms with Crippen LogP contribution >= 0.6 is 22.6 Å². The van der Waals surface area contributed by atoms with Gasteiger partial charge in [0.25, 0.3) is 15.9 Å². The first-order chi connectivity index (χ1) is 13.7. The predicted molar refractivity (Wildman–Crippen MR) is 125 cm³/mol. The van der Waals surface area contributed by atoms with Crippen LogP contribution in [0.25, 0.3) is 0 Å². The molecule has 1 amide bonds. The second kappa shape index (κ2) is 8.54. The lowest BCUT2D eigenvalue weighted by molar-refractivity contribution is 0.102. The Bertz CT molecular complexity index is 1160. The van der Waals surface area contributed by atoms with Crippen LogP contribution in [-0.4, -0.2) is 21.4 Å². The molecule has 0 saturated carbocycles. The second-order valence-electron chi connectivity index (χ2n) is 6.72. The van der Waals surface area contributed by atoms with Gasteiger partial charge >= 0.3 is 0 Å². The summed E-state index contributed by atoms with van der Waals surface area (Å²) in [7, 11) is -2.34. The smallest absolute Gasteiger partial charge is 0.264 e. The van der Waals surface area contributed by atoms with Crippen LogP contribution in [0.2, 0.25) is 0 Å². The number of anilines is 2. The fourth-order valence-electron chi connectivity index (χ4n) is 2.90. The Morgan fingerprint density at radius 2 is 1.62 bits per heavy atom. The topological polar surface area (TPSA) is 66.5 Å². The highest BCUT2D eigenvalue weighted by molar-refractivity contribution is 14.1. The molecule has 0 radical (unpaired) electrons. The highest BCUT2D eigenvalue weighted by Crippen LogP contribution is 2.27. The van der Waals surface area contributed by atoms with Gasteiger partial charge in [-0.15, -0.1) is 0 Å². The van der Waals surface area contributed by atoms with Crippen molar-refractivity contribution in [1.29, 1.82) is 0 Å². The van der Waals surface area contributed by atoms with E-state index in [0.717, 1.165) is 19.0 Å². The summed E-state index contributed by atoms with van der Waals surface area (Å²) < 4.78 is 28.3. The van der Waals surface area contributed by atoms with Crippen LogP contribution in [-0.2, 0) is 10.0 Å². The molecule has 0 bridgehead atoms. The quantitative estimate of drug-likeness (QED) is 0.483. The molecule has 0 saturated heterocycles. The zero-order valence-electron chi connectivity index (χ0n) is 16.3. The molecule has 150 valence electrons. The molecule has 0 heterocycles. The second-order valence-corrected chi connectivity index (χ2v) is 9.93. The molecule has 0 unspecified atom stereocenters. The van der Waals surface area contributed by atoms with Crippen molar-refractivity contribution in [3.63, 3.8) is 0 Å². The Hall–Kier alpha value is -2.39. The Morgan fingerprint density at radius 3 is 2.28 bits per heavy atom. The molecule has 5 nitrogen and oxygen atoms in total. The number of para-hydroxylation sites is 1. The molecule has 29 heavy (non-hydrogen) atoms. The van der Waals surface area contributed by atoms with Gasteiger partial charge in [-0.05, 0) is 84.5 Å². The van der Waals surface area contributed by atoms with E-state index in [0.29, 0.717) is 11.4 Å². The number of benzene rings is 3. The third kappa shape index (κ3) is 4.62. The van der Waals surface area contributed by atoms with Crippen molar-refractivity contribution in [1.82, 2.24) is 0 Å². The van der Waals surface area contributed by atoms with Gasteiger partial charge in [-0.2, -0.15) is 0 Å². The number of hydrogen-bond acceptors (Lipinski definition) is 3. The first-order valence-corrected chi connectivity index (χ1v) is 11.4. The van der Waals surface area contributed by atoms with Crippen molar-refractivity contribution in [2.24, 2.45) is 0 Å². The molecule has 0 aliphatic rings. The molecule has 3 aromatic rings. The maximum absolute atomic E-state index is 13.1. The molecule has 0 spiro atoms. The van der Waals surface area contributed by atoms with Crippen LogP contribution in [0.1, 0.15) is 21.5 Å². The number of nitrogens with zero attached hydrogens (tertiary/aromatic N) is 1. The number of sulfonamides is 1. The number of rotatable bonds is 5. The molecule has 3 aromatic carbocycles. The van der Waals surface area contributed by atoms with Gasteiger partial charge in [-0.25, -0.2) is 8.42 Å². The minimum Gasteiger partial charge on any atom is -0.322 e. The van der Waals surface area contributed by atoms with Gasteiger partial charge in [0.05, 0.1) is 16.1 Å². The van der Waals surface area contributed by atoms with E-state index < -0.39 is 10.0 Å². The lowest BCUT2D eigenvalue weighted by atomic mass is 10.1. The van der Waals surface area contributed by atoms with Gasteiger partial charge in [0.15, 0.2) is 0 Å². The van der Waals surface area contributed by atoms with E-state index in [1.54, 1.807) is 48.5 Å². The van der Waals surface area contributed by atoms with Gasteiger partial charge in [0.1, 0.15) is 0 Å². The zero-order valence-corrected chi connectivity index (χ0v) is 19.3. The number of amides is 1. The fraction of sp³-hybridized carbons (Fsp3) is 0.136. The van der Waals surface area contributed by atoms with Gasteiger partial charge in [0, 0.05) is 16.3 Å². The summed E-state index contributed by atoms with van der Waals surface area (Å²) in [5.74, 6) is -0.365. The van der Waals surface area contributed by atoms with Crippen molar-refractivity contribution >= 4 is 49.9 Å².